The lowest BCUT2D eigenvalue weighted by Gasteiger charge is -2.34. The predicted molar refractivity (Wildman–Crippen MR) is 91.6 cm³/mol. The highest BCUT2D eigenvalue weighted by molar-refractivity contribution is 5.75. The van der Waals surface area contributed by atoms with Crippen LogP contribution in [-0.4, -0.2) is 21.0 Å². The van der Waals surface area contributed by atoms with Gasteiger partial charge in [0.15, 0.2) is 23.2 Å². The van der Waals surface area contributed by atoms with Gasteiger partial charge in [0, 0.05) is 23.4 Å². The number of pyridine rings is 1. The number of fused-ring (bicyclic) bond motifs is 1. The van der Waals surface area contributed by atoms with Gasteiger partial charge in [-0.05, 0) is 19.1 Å². The Balaban J connectivity index is 1.63. The topological polar surface area (TPSA) is 104 Å². The Bertz CT molecular complexity index is 1040. The quantitative estimate of drug-likeness (QED) is 0.725. The number of hydrogen-bond donors (Lipinski definition) is 1. The average molecular weight is 388 g/mol. The minimum atomic E-state index is -0.719. The number of carbonyl (C=O) groups is 1. The van der Waals surface area contributed by atoms with Gasteiger partial charge in [0.05, 0.1) is 18.8 Å². The molecule has 8 nitrogen and oxygen atoms in total. The Morgan fingerprint density at radius 3 is 2.86 bits per heavy atom. The predicted octanol–water partition coefficient (Wildman–Crippen LogP) is 3.80. The highest BCUT2D eigenvalue weighted by Crippen LogP contribution is 2.40. The van der Waals surface area contributed by atoms with Crippen LogP contribution in [0.1, 0.15) is 24.1 Å². The van der Waals surface area contributed by atoms with Crippen LogP contribution < -0.4 is 15.2 Å². The van der Waals surface area contributed by atoms with Crippen LogP contribution in [0.25, 0.3) is 0 Å². The summed E-state index contributed by atoms with van der Waals surface area (Å²) >= 11 is 0. The molecule has 0 aliphatic carbocycles. The van der Waals surface area contributed by atoms with Crippen molar-refractivity contribution < 1.29 is 27.5 Å². The molecule has 4 rings (SSSR count). The minimum Gasteiger partial charge on any atom is -0.417 e. The van der Waals surface area contributed by atoms with Crippen LogP contribution in [-0.2, 0) is 6.54 Å². The molecule has 0 unspecified atom stereocenters. The van der Waals surface area contributed by atoms with Crippen molar-refractivity contribution in [2.75, 3.05) is 5.73 Å². The number of carbonyl (C=O) groups excluding carboxylic acids is 1. The Labute approximate surface area is 157 Å². The lowest BCUT2D eigenvalue weighted by Crippen LogP contribution is -2.39. The van der Waals surface area contributed by atoms with Crippen molar-refractivity contribution in [3.8, 4) is 17.6 Å². The summed E-state index contributed by atoms with van der Waals surface area (Å²) in [5.74, 6) is -1.75. The van der Waals surface area contributed by atoms with Crippen molar-refractivity contribution >= 4 is 11.9 Å². The first-order chi connectivity index (χ1) is 13.4. The monoisotopic (exact) mass is 388 g/mol. The normalized spacial score (nSPS) is 15.9. The van der Waals surface area contributed by atoms with Gasteiger partial charge in [0.2, 0.25) is 0 Å². The molecule has 1 amide bonds. The Hall–Kier alpha value is -3.69. The van der Waals surface area contributed by atoms with E-state index in [-0.39, 0.29) is 35.5 Å². The summed E-state index contributed by atoms with van der Waals surface area (Å²) in [5, 5.41) is 0. The third-order valence-corrected chi connectivity index (χ3v) is 4.36. The van der Waals surface area contributed by atoms with Gasteiger partial charge < -0.3 is 19.6 Å². The van der Waals surface area contributed by atoms with E-state index in [1.54, 1.807) is 6.92 Å². The zero-order chi connectivity index (χ0) is 19.8. The van der Waals surface area contributed by atoms with E-state index >= 15 is 0 Å². The number of oxazole rings is 1. The summed E-state index contributed by atoms with van der Waals surface area (Å²) in [7, 11) is 0. The number of nitrogens with two attached hydrogens (primary N) is 1. The second kappa shape index (κ2) is 6.80. The number of rotatable bonds is 4. The second-order valence-electron chi connectivity index (χ2n) is 6.06. The average Bonchev–Trinajstić information content (AvgIpc) is 3.17. The number of nitrogens with zero attached hydrogens (tertiary/aromatic N) is 3. The molecule has 0 saturated carbocycles. The molecule has 0 spiro atoms. The molecule has 0 bridgehead atoms. The summed E-state index contributed by atoms with van der Waals surface area (Å²) in [6.07, 6.45) is 3.09. The maximum absolute atomic E-state index is 14.5. The first kappa shape index (κ1) is 17.7. The van der Waals surface area contributed by atoms with Crippen LogP contribution in [0.3, 0.4) is 0 Å². The molecule has 1 aliphatic rings. The van der Waals surface area contributed by atoms with E-state index < -0.39 is 23.8 Å². The third-order valence-electron chi connectivity index (χ3n) is 4.36. The van der Waals surface area contributed by atoms with Crippen molar-refractivity contribution in [1.29, 1.82) is 0 Å². The fourth-order valence-corrected chi connectivity index (χ4v) is 2.89. The van der Waals surface area contributed by atoms with Gasteiger partial charge in [0.25, 0.3) is 0 Å². The van der Waals surface area contributed by atoms with Gasteiger partial charge in [0.1, 0.15) is 12.0 Å². The molecule has 1 aliphatic heterocycles. The van der Waals surface area contributed by atoms with Gasteiger partial charge in [-0.3, -0.25) is 4.90 Å². The van der Waals surface area contributed by atoms with Gasteiger partial charge >= 0.3 is 12.2 Å². The van der Waals surface area contributed by atoms with Gasteiger partial charge in [-0.15, -0.1) is 0 Å². The molecule has 2 N–H and O–H groups in total. The zero-order valence-electron chi connectivity index (χ0n) is 14.6. The lowest BCUT2D eigenvalue weighted by molar-refractivity contribution is 0.116. The van der Waals surface area contributed by atoms with Gasteiger partial charge in [-0.1, -0.05) is 0 Å². The summed E-state index contributed by atoms with van der Waals surface area (Å²) in [6, 6.07) is 3.26. The van der Waals surface area contributed by atoms with Crippen LogP contribution in [0.5, 0.6) is 17.6 Å². The van der Waals surface area contributed by atoms with Crippen molar-refractivity contribution in [1.82, 2.24) is 14.9 Å². The van der Waals surface area contributed by atoms with Gasteiger partial charge in [-0.2, -0.15) is 4.98 Å². The Kier molecular flexibility index (Phi) is 4.30. The van der Waals surface area contributed by atoms with Crippen LogP contribution in [0, 0.1) is 11.6 Å². The Morgan fingerprint density at radius 1 is 1.29 bits per heavy atom. The molecule has 1 aromatic carbocycles. The molecular formula is C18H14F2N4O4. The number of benzene rings is 1. The number of aromatic nitrogens is 2. The van der Waals surface area contributed by atoms with E-state index in [9.17, 15) is 13.6 Å². The van der Waals surface area contributed by atoms with Crippen LogP contribution in [0.2, 0.25) is 0 Å². The SMILES string of the molecule is C[C@@H]1c2cc(F)c(Oc3ncco3)cc2OC(=O)N1Cc1ccnc(N)c1F. The lowest BCUT2D eigenvalue weighted by atomic mass is 10.0. The van der Waals surface area contributed by atoms with E-state index in [0.717, 1.165) is 0 Å². The standard InChI is InChI=1S/C18H14F2N4O4/c1-9-11-6-12(19)14(27-17-23-4-5-26-17)7-13(11)28-18(25)24(9)8-10-2-3-22-16(21)15(10)20/h2-7,9H,8H2,1H3,(H2,21,22)/t9-/m1/s1. The minimum absolute atomic E-state index is 0.117. The first-order valence-corrected chi connectivity index (χ1v) is 8.22. The van der Waals surface area contributed by atoms with Crippen LogP contribution in [0.4, 0.5) is 19.4 Å². The Morgan fingerprint density at radius 2 is 2.11 bits per heavy atom. The number of halogens is 2. The summed E-state index contributed by atoms with van der Waals surface area (Å²) < 4.78 is 44.0. The number of anilines is 1. The molecule has 0 saturated heterocycles. The van der Waals surface area contributed by atoms with Crippen LogP contribution in [0.15, 0.2) is 41.3 Å². The smallest absolute Gasteiger partial charge is 0.416 e. The number of amides is 1. The van der Waals surface area contributed by atoms with Crippen molar-refractivity contribution in [2.24, 2.45) is 0 Å². The second-order valence-corrected chi connectivity index (χ2v) is 6.06. The van der Waals surface area contributed by atoms with Crippen LogP contribution >= 0.6 is 0 Å². The van der Waals surface area contributed by atoms with Gasteiger partial charge in [-0.25, -0.2) is 18.6 Å². The molecule has 3 aromatic rings. The maximum Gasteiger partial charge on any atom is 0.416 e. The van der Waals surface area contributed by atoms with E-state index in [1.165, 1.54) is 41.8 Å². The molecular weight excluding hydrogens is 374 g/mol. The summed E-state index contributed by atoms with van der Waals surface area (Å²) in [4.78, 5) is 21.1. The van der Waals surface area contributed by atoms with E-state index in [0.29, 0.717) is 5.56 Å². The fraction of sp³-hybridized carbons (Fsp3) is 0.167. The van der Waals surface area contributed by atoms with E-state index in [2.05, 4.69) is 9.97 Å². The molecule has 2 aromatic heterocycles. The number of nitrogen functional groups attached to an aromatic ring is 1. The highest BCUT2D eigenvalue weighted by atomic mass is 19.1. The molecule has 0 radical (unpaired) electrons. The molecule has 28 heavy (non-hydrogen) atoms. The third kappa shape index (κ3) is 3.08. The summed E-state index contributed by atoms with van der Waals surface area (Å²) in [6.45, 7) is 1.56. The molecule has 10 heteroatoms. The largest absolute Gasteiger partial charge is 0.417 e. The van der Waals surface area contributed by atoms with E-state index in [1.807, 2.05) is 0 Å². The molecule has 3 heterocycles. The van der Waals surface area contributed by atoms with Crippen molar-refractivity contribution in [3.05, 3.63) is 59.6 Å². The van der Waals surface area contributed by atoms with Crippen molar-refractivity contribution in [2.45, 2.75) is 19.5 Å². The molecule has 1 atom stereocenters. The molecule has 0 fully saturated rings. The molecule has 144 valence electrons. The highest BCUT2D eigenvalue weighted by Gasteiger charge is 2.33. The zero-order valence-corrected chi connectivity index (χ0v) is 14.6. The summed E-state index contributed by atoms with van der Waals surface area (Å²) in [5.41, 5.74) is 6.04. The van der Waals surface area contributed by atoms with E-state index in [4.69, 9.17) is 19.6 Å². The fourth-order valence-electron chi connectivity index (χ4n) is 2.89. The maximum atomic E-state index is 14.5. The number of ether oxygens (including phenoxy) is 2. The van der Waals surface area contributed by atoms with Crippen molar-refractivity contribution in [3.63, 3.8) is 0 Å². The first-order valence-electron chi connectivity index (χ1n) is 8.22. The number of hydrogen-bond acceptors (Lipinski definition) is 7.